The van der Waals surface area contributed by atoms with Gasteiger partial charge in [0.05, 0.1) is 12.6 Å². The van der Waals surface area contributed by atoms with Crippen molar-refractivity contribution in [1.82, 2.24) is 20.2 Å². The summed E-state index contributed by atoms with van der Waals surface area (Å²) in [6.45, 7) is 4.62. The van der Waals surface area contributed by atoms with Crippen LogP contribution in [0.4, 0.5) is 5.95 Å². The van der Waals surface area contributed by atoms with Crippen LogP contribution < -0.4 is 4.90 Å². The summed E-state index contributed by atoms with van der Waals surface area (Å²) in [7, 11) is 0. The minimum Gasteiger partial charge on any atom is -0.393 e. The van der Waals surface area contributed by atoms with Gasteiger partial charge in [-0.2, -0.15) is 0 Å². The van der Waals surface area contributed by atoms with Gasteiger partial charge in [0.25, 0.3) is 0 Å². The normalized spacial score (nSPS) is 21.3. The molecular formula is C19H27N5O. The van der Waals surface area contributed by atoms with Gasteiger partial charge < -0.3 is 10.0 Å². The number of aliphatic hydroxyl groups excluding tert-OH is 1. The first-order valence-electron chi connectivity index (χ1n) is 9.38. The first-order chi connectivity index (χ1) is 12.2. The SMILES string of the molecule is C[C@H](O)C1CCN(c2nnnn2CC2(Cc3ccccc3)CC2)CC1. The largest absolute Gasteiger partial charge is 0.393 e. The minimum absolute atomic E-state index is 0.223. The average molecular weight is 341 g/mol. The van der Waals surface area contributed by atoms with Crippen LogP contribution in [0.25, 0.3) is 0 Å². The Bertz CT molecular complexity index is 687. The molecule has 2 aromatic rings. The van der Waals surface area contributed by atoms with E-state index in [0.717, 1.165) is 44.8 Å². The second-order valence-corrected chi connectivity index (χ2v) is 7.86. The van der Waals surface area contributed by atoms with Crippen molar-refractivity contribution in [2.45, 2.75) is 51.7 Å². The molecule has 2 fully saturated rings. The predicted octanol–water partition coefficient (Wildman–Crippen LogP) is 2.29. The highest BCUT2D eigenvalue weighted by atomic mass is 16.3. The van der Waals surface area contributed by atoms with Crippen LogP contribution in [0.2, 0.25) is 0 Å². The summed E-state index contributed by atoms with van der Waals surface area (Å²) < 4.78 is 2.00. The molecule has 25 heavy (non-hydrogen) atoms. The Morgan fingerprint density at radius 1 is 1.20 bits per heavy atom. The van der Waals surface area contributed by atoms with Crippen molar-refractivity contribution in [2.24, 2.45) is 11.3 Å². The van der Waals surface area contributed by atoms with Crippen molar-refractivity contribution >= 4 is 5.95 Å². The van der Waals surface area contributed by atoms with E-state index in [1.807, 2.05) is 11.6 Å². The number of hydrogen-bond donors (Lipinski definition) is 1. The van der Waals surface area contributed by atoms with E-state index in [1.165, 1.54) is 18.4 Å². The first kappa shape index (κ1) is 16.5. The number of nitrogens with zero attached hydrogens (tertiary/aromatic N) is 5. The molecule has 0 unspecified atom stereocenters. The topological polar surface area (TPSA) is 67.1 Å². The number of tetrazole rings is 1. The highest BCUT2D eigenvalue weighted by Crippen LogP contribution is 2.50. The molecule has 2 heterocycles. The van der Waals surface area contributed by atoms with Gasteiger partial charge in [0.15, 0.2) is 0 Å². The van der Waals surface area contributed by atoms with E-state index in [-0.39, 0.29) is 6.10 Å². The van der Waals surface area contributed by atoms with Gasteiger partial charge in [0.1, 0.15) is 0 Å². The number of piperidine rings is 1. The van der Waals surface area contributed by atoms with E-state index in [2.05, 4.69) is 50.8 Å². The van der Waals surface area contributed by atoms with Crippen LogP contribution in [0.5, 0.6) is 0 Å². The zero-order valence-electron chi connectivity index (χ0n) is 14.9. The van der Waals surface area contributed by atoms with Crippen LogP contribution in [0.1, 0.15) is 38.2 Å². The zero-order chi connectivity index (χ0) is 17.3. The van der Waals surface area contributed by atoms with Gasteiger partial charge in [-0.15, -0.1) is 0 Å². The lowest BCUT2D eigenvalue weighted by atomic mass is 9.92. The molecule has 1 atom stereocenters. The molecule has 0 radical (unpaired) electrons. The van der Waals surface area contributed by atoms with Crippen LogP contribution in [0.15, 0.2) is 30.3 Å². The summed E-state index contributed by atoms with van der Waals surface area (Å²) in [4.78, 5) is 2.28. The van der Waals surface area contributed by atoms with E-state index < -0.39 is 0 Å². The fourth-order valence-electron chi connectivity index (χ4n) is 4.02. The molecule has 1 aliphatic carbocycles. The molecule has 1 saturated carbocycles. The molecule has 6 nitrogen and oxygen atoms in total. The molecule has 1 N–H and O–H groups in total. The van der Waals surface area contributed by atoms with Gasteiger partial charge in [-0.25, -0.2) is 4.68 Å². The van der Waals surface area contributed by atoms with E-state index in [0.29, 0.717) is 11.3 Å². The molecule has 1 aromatic heterocycles. The van der Waals surface area contributed by atoms with Crippen molar-refractivity contribution in [1.29, 1.82) is 0 Å². The van der Waals surface area contributed by atoms with E-state index in [1.54, 1.807) is 0 Å². The molecule has 1 aromatic carbocycles. The quantitative estimate of drug-likeness (QED) is 0.873. The van der Waals surface area contributed by atoms with E-state index in [4.69, 9.17) is 0 Å². The molecule has 1 saturated heterocycles. The fourth-order valence-corrected chi connectivity index (χ4v) is 4.02. The number of aromatic nitrogens is 4. The third-order valence-electron chi connectivity index (χ3n) is 5.88. The van der Waals surface area contributed by atoms with Crippen LogP contribution in [-0.2, 0) is 13.0 Å². The minimum atomic E-state index is -0.223. The smallest absolute Gasteiger partial charge is 0.245 e. The van der Waals surface area contributed by atoms with Gasteiger partial charge in [-0.1, -0.05) is 35.4 Å². The highest BCUT2D eigenvalue weighted by Gasteiger charge is 2.44. The Hall–Kier alpha value is -1.95. The van der Waals surface area contributed by atoms with Crippen molar-refractivity contribution in [3.05, 3.63) is 35.9 Å². The lowest BCUT2D eigenvalue weighted by Crippen LogP contribution is -2.38. The molecule has 134 valence electrons. The Balaban J connectivity index is 1.42. The lowest BCUT2D eigenvalue weighted by molar-refractivity contribution is 0.109. The Morgan fingerprint density at radius 3 is 2.56 bits per heavy atom. The maximum Gasteiger partial charge on any atom is 0.245 e. The number of hydrogen-bond acceptors (Lipinski definition) is 5. The third kappa shape index (κ3) is 3.68. The fraction of sp³-hybridized carbons (Fsp3) is 0.632. The van der Waals surface area contributed by atoms with Crippen LogP contribution >= 0.6 is 0 Å². The molecule has 4 rings (SSSR count). The van der Waals surface area contributed by atoms with Crippen LogP contribution in [0.3, 0.4) is 0 Å². The lowest BCUT2D eigenvalue weighted by Gasteiger charge is -2.33. The van der Waals surface area contributed by atoms with Gasteiger partial charge in [-0.3, -0.25) is 0 Å². The van der Waals surface area contributed by atoms with Gasteiger partial charge >= 0.3 is 0 Å². The maximum absolute atomic E-state index is 9.79. The molecule has 0 spiro atoms. The standard InChI is InChI=1S/C19H27N5O/c1-15(25)17-7-11-23(12-8-17)18-20-21-22-24(18)14-19(9-10-19)13-16-5-3-2-4-6-16/h2-6,15,17,25H,7-14H2,1H3/t15-/m0/s1. The van der Waals surface area contributed by atoms with E-state index in [9.17, 15) is 5.11 Å². The van der Waals surface area contributed by atoms with Crippen LogP contribution in [0, 0.1) is 11.3 Å². The Labute approximate surface area is 148 Å². The van der Waals surface area contributed by atoms with Crippen molar-refractivity contribution in [3.8, 4) is 0 Å². The van der Waals surface area contributed by atoms with Gasteiger partial charge in [0.2, 0.25) is 5.95 Å². The first-order valence-corrected chi connectivity index (χ1v) is 9.38. The maximum atomic E-state index is 9.79. The molecular weight excluding hydrogens is 314 g/mol. The number of benzene rings is 1. The van der Waals surface area contributed by atoms with Crippen LogP contribution in [-0.4, -0.2) is 44.5 Å². The summed E-state index contributed by atoms with van der Waals surface area (Å²) in [5, 5.41) is 22.3. The van der Waals surface area contributed by atoms with Crippen molar-refractivity contribution in [3.63, 3.8) is 0 Å². The summed E-state index contributed by atoms with van der Waals surface area (Å²) >= 11 is 0. The van der Waals surface area contributed by atoms with Crippen molar-refractivity contribution in [2.75, 3.05) is 18.0 Å². The second-order valence-electron chi connectivity index (χ2n) is 7.86. The van der Waals surface area contributed by atoms with Gasteiger partial charge in [0, 0.05) is 13.1 Å². The monoisotopic (exact) mass is 341 g/mol. The Morgan fingerprint density at radius 2 is 1.92 bits per heavy atom. The summed E-state index contributed by atoms with van der Waals surface area (Å²) in [6, 6.07) is 10.7. The van der Waals surface area contributed by atoms with Crippen molar-refractivity contribution < 1.29 is 5.11 Å². The summed E-state index contributed by atoms with van der Waals surface area (Å²) in [5.41, 5.74) is 1.70. The summed E-state index contributed by atoms with van der Waals surface area (Å²) in [5.74, 6) is 1.29. The van der Waals surface area contributed by atoms with Gasteiger partial charge in [-0.05, 0) is 66.4 Å². The zero-order valence-corrected chi connectivity index (χ0v) is 14.9. The van der Waals surface area contributed by atoms with E-state index >= 15 is 0 Å². The molecule has 0 bridgehead atoms. The summed E-state index contributed by atoms with van der Waals surface area (Å²) in [6.07, 6.45) is 5.35. The molecule has 6 heteroatoms. The molecule has 1 aliphatic heterocycles. The molecule has 2 aliphatic rings. The number of rotatable bonds is 6. The molecule has 0 amide bonds. The number of anilines is 1. The number of aliphatic hydroxyl groups is 1. The third-order valence-corrected chi connectivity index (χ3v) is 5.88. The second kappa shape index (κ2) is 6.75. The Kier molecular flexibility index (Phi) is 4.46. The predicted molar refractivity (Wildman–Crippen MR) is 96.2 cm³/mol. The highest BCUT2D eigenvalue weighted by molar-refractivity contribution is 5.29. The average Bonchev–Trinajstić information content (AvgIpc) is 3.22.